The van der Waals surface area contributed by atoms with Crippen LogP contribution >= 0.6 is 11.3 Å². The Morgan fingerprint density at radius 2 is 1.81 bits per heavy atom. The van der Waals surface area contributed by atoms with E-state index in [0.29, 0.717) is 0 Å². The van der Waals surface area contributed by atoms with Crippen molar-refractivity contribution in [1.82, 2.24) is 4.90 Å². The van der Waals surface area contributed by atoms with E-state index in [1.54, 1.807) is 18.2 Å². The van der Waals surface area contributed by atoms with Gasteiger partial charge in [-0.2, -0.15) is 0 Å². The van der Waals surface area contributed by atoms with Crippen LogP contribution in [0, 0.1) is 15.9 Å². The van der Waals surface area contributed by atoms with Crippen LogP contribution in [0.2, 0.25) is 0 Å². The zero-order valence-corrected chi connectivity index (χ0v) is 16.7. The molecule has 0 spiro atoms. The van der Waals surface area contributed by atoms with Crippen molar-refractivity contribution in [3.8, 4) is 0 Å². The van der Waals surface area contributed by atoms with Crippen molar-refractivity contribution in [2.24, 2.45) is 0 Å². The summed E-state index contributed by atoms with van der Waals surface area (Å²) in [5.41, 5.74) is -0.274. The predicted molar refractivity (Wildman–Crippen MR) is 112 cm³/mol. The maximum atomic E-state index is 14.7. The Labute approximate surface area is 179 Å². The summed E-state index contributed by atoms with van der Waals surface area (Å²) in [6.45, 7) is 0.0677. The molecule has 7 nitrogen and oxygen atoms in total. The van der Waals surface area contributed by atoms with Crippen molar-refractivity contribution in [3.63, 3.8) is 0 Å². The number of Topliss-reactive ketones (excluding diaryl/α,β-unsaturated/α-hetero) is 1. The van der Waals surface area contributed by atoms with E-state index >= 15 is 0 Å². The number of aliphatic hydroxyl groups excluding tert-OH is 1. The molecule has 0 saturated carbocycles. The Morgan fingerprint density at radius 1 is 1.10 bits per heavy atom. The Balaban J connectivity index is 1.86. The standard InChI is InChI=1S/C22H15FN2O5S/c23-17-6-2-1-5-16(17)19-18(20(26)13-7-9-14(10-8-13)25(29)30)21(27)22(28)24(19)12-15-4-3-11-31-15/h1-11,19,26H,12H2/b20-18+. The number of likely N-dealkylation sites (tertiary alicyclic amines) is 1. The number of nitro groups is 1. The lowest BCUT2D eigenvalue weighted by molar-refractivity contribution is -0.384. The highest BCUT2D eigenvalue weighted by atomic mass is 32.1. The normalized spacial score (nSPS) is 17.8. The van der Waals surface area contributed by atoms with Gasteiger partial charge in [-0.1, -0.05) is 24.3 Å². The van der Waals surface area contributed by atoms with E-state index in [2.05, 4.69) is 0 Å². The van der Waals surface area contributed by atoms with E-state index in [9.17, 15) is 29.2 Å². The van der Waals surface area contributed by atoms with E-state index in [-0.39, 0.29) is 28.9 Å². The van der Waals surface area contributed by atoms with E-state index < -0.39 is 34.2 Å². The lowest BCUT2D eigenvalue weighted by atomic mass is 9.95. The smallest absolute Gasteiger partial charge is 0.295 e. The second-order valence-electron chi connectivity index (χ2n) is 6.83. The van der Waals surface area contributed by atoms with Gasteiger partial charge in [0.05, 0.1) is 23.1 Å². The highest BCUT2D eigenvalue weighted by Gasteiger charge is 2.47. The number of rotatable bonds is 5. The van der Waals surface area contributed by atoms with Gasteiger partial charge in [-0.25, -0.2) is 4.39 Å². The summed E-state index contributed by atoms with van der Waals surface area (Å²) in [4.78, 5) is 38.0. The summed E-state index contributed by atoms with van der Waals surface area (Å²) in [5, 5.41) is 23.6. The molecule has 0 radical (unpaired) electrons. The molecular weight excluding hydrogens is 423 g/mol. The van der Waals surface area contributed by atoms with Gasteiger partial charge in [-0.05, 0) is 29.6 Å². The van der Waals surface area contributed by atoms with Gasteiger partial charge in [0, 0.05) is 28.1 Å². The number of benzene rings is 2. The van der Waals surface area contributed by atoms with Crippen molar-refractivity contribution in [2.75, 3.05) is 0 Å². The van der Waals surface area contributed by atoms with E-state index in [1.165, 1.54) is 58.7 Å². The summed E-state index contributed by atoms with van der Waals surface area (Å²) in [6.07, 6.45) is 0. The molecule has 1 aromatic heterocycles. The van der Waals surface area contributed by atoms with Gasteiger partial charge in [0.2, 0.25) is 0 Å². The lowest BCUT2D eigenvalue weighted by Gasteiger charge is -2.25. The molecule has 2 aromatic carbocycles. The van der Waals surface area contributed by atoms with Crippen LogP contribution in [-0.4, -0.2) is 26.6 Å². The van der Waals surface area contributed by atoms with Gasteiger partial charge < -0.3 is 10.0 Å². The van der Waals surface area contributed by atoms with Gasteiger partial charge in [-0.15, -0.1) is 11.3 Å². The largest absolute Gasteiger partial charge is 0.507 e. The van der Waals surface area contributed by atoms with Gasteiger partial charge in [-0.3, -0.25) is 19.7 Å². The zero-order chi connectivity index (χ0) is 22.1. The van der Waals surface area contributed by atoms with Crippen molar-refractivity contribution in [1.29, 1.82) is 0 Å². The van der Waals surface area contributed by atoms with Crippen LogP contribution in [0.1, 0.15) is 22.0 Å². The van der Waals surface area contributed by atoms with Crippen molar-refractivity contribution >= 4 is 34.5 Å². The first kappa shape index (κ1) is 20.4. The number of nitrogens with zero attached hydrogens (tertiary/aromatic N) is 2. The third kappa shape index (κ3) is 3.71. The number of nitro benzene ring substituents is 1. The number of carbonyl (C=O) groups excluding carboxylic acids is 2. The van der Waals surface area contributed by atoms with Gasteiger partial charge in [0.1, 0.15) is 11.6 Å². The number of ketones is 1. The Morgan fingerprint density at radius 3 is 2.42 bits per heavy atom. The molecule has 1 N–H and O–H groups in total. The molecule has 3 aromatic rings. The molecule has 1 fully saturated rings. The zero-order valence-electron chi connectivity index (χ0n) is 15.9. The molecule has 0 bridgehead atoms. The van der Waals surface area contributed by atoms with Crippen molar-refractivity contribution in [3.05, 3.63) is 104 Å². The van der Waals surface area contributed by atoms with E-state index in [1.807, 2.05) is 5.38 Å². The Hall–Kier alpha value is -3.85. The van der Waals surface area contributed by atoms with Crippen LogP contribution in [0.3, 0.4) is 0 Å². The molecule has 4 rings (SSSR count). The average molecular weight is 438 g/mol. The molecule has 1 aliphatic rings. The van der Waals surface area contributed by atoms with Crippen LogP contribution < -0.4 is 0 Å². The summed E-state index contributed by atoms with van der Waals surface area (Å²) in [6, 6.07) is 13.1. The first-order valence-electron chi connectivity index (χ1n) is 9.18. The summed E-state index contributed by atoms with van der Waals surface area (Å²) in [5.74, 6) is -2.94. The quantitative estimate of drug-likeness (QED) is 0.209. The SMILES string of the molecule is O=C1C(=O)N(Cc2cccs2)C(c2ccccc2F)/C1=C(\O)c1ccc([N+](=O)[O-])cc1. The Bertz CT molecular complexity index is 1200. The van der Waals surface area contributed by atoms with Crippen LogP contribution in [0.4, 0.5) is 10.1 Å². The number of non-ortho nitro benzene ring substituents is 1. The monoisotopic (exact) mass is 438 g/mol. The summed E-state index contributed by atoms with van der Waals surface area (Å²) in [7, 11) is 0. The topological polar surface area (TPSA) is 101 Å². The van der Waals surface area contributed by atoms with Crippen LogP contribution in [-0.2, 0) is 16.1 Å². The summed E-state index contributed by atoms with van der Waals surface area (Å²) < 4.78 is 14.7. The van der Waals surface area contributed by atoms with Gasteiger partial charge in [0.15, 0.2) is 0 Å². The van der Waals surface area contributed by atoms with Gasteiger partial charge in [0.25, 0.3) is 17.4 Å². The highest BCUT2D eigenvalue weighted by Crippen LogP contribution is 2.41. The fourth-order valence-electron chi connectivity index (χ4n) is 3.53. The second kappa shape index (κ2) is 8.11. The fraction of sp³-hybridized carbons (Fsp3) is 0.0909. The summed E-state index contributed by atoms with van der Waals surface area (Å²) >= 11 is 1.38. The number of thiophene rings is 1. The number of carbonyl (C=O) groups is 2. The minimum atomic E-state index is -1.14. The molecule has 0 aliphatic carbocycles. The number of aliphatic hydroxyl groups is 1. The third-order valence-corrected chi connectivity index (χ3v) is 5.86. The van der Waals surface area contributed by atoms with E-state index in [4.69, 9.17) is 0 Å². The van der Waals surface area contributed by atoms with E-state index in [0.717, 1.165) is 4.88 Å². The molecule has 1 saturated heterocycles. The molecule has 156 valence electrons. The molecule has 1 unspecified atom stereocenters. The first-order valence-corrected chi connectivity index (χ1v) is 10.1. The average Bonchev–Trinajstić information content (AvgIpc) is 3.36. The van der Waals surface area contributed by atoms with Gasteiger partial charge >= 0.3 is 0 Å². The molecule has 1 amide bonds. The molecule has 9 heteroatoms. The molecule has 1 atom stereocenters. The molecular formula is C22H15FN2O5S. The number of hydrogen-bond donors (Lipinski definition) is 1. The molecule has 1 aliphatic heterocycles. The first-order chi connectivity index (χ1) is 14.9. The highest BCUT2D eigenvalue weighted by molar-refractivity contribution is 7.09. The van der Waals surface area contributed by atoms with Crippen molar-refractivity contribution in [2.45, 2.75) is 12.6 Å². The third-order valence-electron chi connectivity index (χ3n) is 5.00. The predicted octanol–water partition coefficient (Wildman–Crippen LogP) is 4.42. The van der Waals surface area contributed by atoms with Crippen LogP contribution in [0.25, 0.3) is 5.76 Å². The van der Waals surface area contributed by atoms with Crippen LogP contribution in [0.15, 0.2) is 71.6 Å². The number of halogens is 1. The maximum absolute atomic E-state index is 14.7. The minimum Gasteiger partial charge on any atom is -0.507 e. The van der Waals surface area contributed by atoms with Crippen LogP contribution in [0.5, 0.6) is 0 Å². The second-order valence-corrected chi connectivity index (χ2v) is 7.86. The minimum absolute atomic E-state index is 0.0677. The Kier molecular flexibility index (Phi) is 5.35. The molecule has 2 heterocycles. The number of amides is 1. The fourth-order valence-corrected chi connectivity index (χ4v) is 4.23. The molecule has 31 heavy (non-hydrogen) atoms. The lowest BCUT2D eigenvalue weighted by Crippen LogP contribution is -2.29. The van der Waals surface area contributed by atoms with Crippen molar-refractivity contribution < 1.29 is 24.0 Å². The number of hydrogen-bond acceptors (Lipinski definition) is 6. The maximum Gasteiger partial charge on any atom is 0.295 e.